The fraction of sp³-hybridized carbons (Fsp3) is 0.286. The summed E-state index contributed by atoms with van der Waals surface area (Å²) in [4.78, 5) is 39.1. The van der Waals surface area contributed by atoms with Gasteiger partial charge in [-0.2, -0.15) is 0 Å². The van der Waals surface area contributed by atoms with E-state index in [0.717, 1.165) is 5.56 Å². The molecule has 3 atom stereocenters. The maximum Gasteiger partial charge on any atom is 0.327 e. The van der Waals surface area contributed by atoms with Crippen LogP contribution in [0, 0.1) is 0 Å². The van der Waals surface area contributed by atoms with Crippen molar-refractivity contribution in [3.8, 4) is 0 Å². The summed E-state index contributed by atoms with van der Waals surface area (Å²) in [5.74, 6) is -1.89. The molecule has 1 aliphatic heterocycles. The van der Waals surface area contributed by atoms with Crippen LogP contribution in [0.1, 0.15) is 24.1 Å². The normalized spacial score (nSPS) is 17.5. The molecule has 0 aromatic heterocycles. The summed E-state index contributed by atoms with van der Waals surface area (Å²) in [6.45, 7) is 1.69. The molecule has 0 bridgehead atoms. The number of anilines is 1. The number of likely N-dealkylation sites (N-methyl/N-ethyl adjacent to an activating group) is 1. The first-order valence-electron chi connectivity index (χ1n) is 9.10. The highest BCUT2D eigenvalue weighted by molar-refractivity contribution is 6.06. The molecule has 0 aliphatic carbocycles. The quantitative estimate of drug-likeness (QED) is 0.704. The standard InChI is InChI=1S/C21H23N3O4/c1-13(22-2)19(25)23-18(14-8-4-3-5-9-14)20(26)24-16-11-7-6-10-15(16)12-17(24)21(27)28/h3-11,13,17-18,22H,12H2,1-2H3,(H,23,25)(H,27,28). The Morgan fingerprint density at radius 3 is 2.36 bits per heavy atom. The number of nitrogens with one attached hydrogen (secondary N) is 2. The third-order valence-electron chi connectivity index (χ3n) is 4.99. The van der Waals surface area contributed by atoms with Gasteiger partial charge in [-0.15, -0.1) is 0 Å². The van der Waals surface area contributed by atoms with E-state index in [9.17, 15) is 19.5 Å². The number of benzene rings is 2. The molecule has 3 N–H and O–H groups in total. The zero-order chi connectivity index (χ0) is 20.3. The molecule has 3 rings (SSSR count). The van der Waals surface area contributed by atoms with E-state index in [4.69, 9.17) is 0 Å². The summed E-state index contributed by atoms with van der Waals surface area (Å²) < 4.78 is 0. The first kappa shape index (κ1) is 19.6. The van der Waals surface area contributed by atoms with Gasteiger partial charge in [-0.3, -0.25) is 14.5 Å². The van der Waals surface area contributed by atoms with Crippen molar-refractivity contribution in [1.82, 2.24) is 10.6 Å². The molecule has 0 saturated carbocycles. The van der Waals surface area contributed by atoms with Gasteiger partial charge in [-0.05, 0) is 31.2 Å². The highest BCUT2D eigenvalue weighted by atomic mass is 16.4. The van der Waals surface area contributed by atoms with E-state index in [-0.39, 0.29) is 12.3 Å². The Kier molecular flexibility index (Phi) is 5.75. The number of nitrogens with zero attached hydrogens (tertiary/aromatic N) is 1. The molecule has 0 fully saturated rings. The van der Waals surface area contributed by atoms with Crippen LogP contribution < -0.4 is 15.5 Å². The van der Waals surface area contributed by atoms with Crippen molar-refractivity contribution in [3.63, 3.8) is 0 Å². The van der Waals surface area contributed by atoms with Gasteiger partial charge in [0.15, 0.2) is 0 Å². The van der Waals surface area contributed by atoms with Crippen LogP contribution in [-0.2, 0) is 20.8 Å². The topological polar surface area (TPSA) is 98.7 Å². The van der Waals surface area contributed by atoms with Crippen LogP contribution in [0.15, 0.2) is 54.6 Å². The average Bonchev–Trinajstić information content (AvgIpc) is 3.11. The van der Waals surface area contributed by atoms with Crippen molar-refractivity contribution in [3.05, 3.63) is 65.7 Å². The number of carbonyl (C=O) groups excluding carboxylic acids is 2. The van der Waals surface area contributed by atoms with Crippen molar-refractivity contribution in [2.75, 3.05) is 11.9 Å². The second-order valence-electron chi connectivity index (χ2n) is 6.76. The van der Waals surface area contributed by atoms with Crippen molar-refractivity contribution < 1.29 is 19.5 Å². The molecule has 0 spiro atoms. The molecule has 1 aliphatic rings. The highest BCUT2D eigenvalue weighted by Crippen LogP contribution is 2.34. The fourth-order valence-electron chi connectivity index (χ4n) is 3.33. The predicted molar refractivity (Wildman–Crippen MR) is 105 cm³/mol. The maximum atomic E-state index is 13.5. The van der Waals surface area contributed by atoms with Crippen LogP contribution in [0.5, 0.6) is 0 Å². The molecular weight excluding hydrogens is 358 g/mol. The largest absolute Gasteiger partial charge is 0.480 e. The monoisotopic (exact) mass is 381 g/mol. The first-order chi connectivity index (χ1) is 13.4. The zero-order valence-electron chi connectivity index (χ0n) is 15.8. The third-order valence-corrected chi connectivity index (χ3v) is 4.99. The lowest BCUT2D eigenvalue weighted by Gasteiger charge is -2.29. The number of hydrogen-bond donors (Lipinski definition) is 3. The summed E-state index contributed by atoms with van der Waals surface area (Å²) in [6.07, 6.45) is 0.236. The Bertz CT molecular complexity index is 884. The second kappa shape index (κ2) is 8.22. The summed E-state index contributed by atoms with van der Waals surface area (Å²) in [5.41, 5.74) is 1.96. The van der Waals surface area contributed by atoms with Crippen LogP contribution in [0.3, 0.4) is 0 Å². The minimum Gasteiger partial charge on any atom is -0.480 e. The number of hydrogen-bond acceptors (Lipinski definition) is 4. The molecule has 2 aromatic rings. The average molecular weight is 381 g/mol. The summed E-state index contributed by atoms with van der Waals surface area (Å²) >= 11 is 0. The molecular formula is C21H23N3O4. The Labute approximate surface area is 163 Å². The van der Waals surface area contributed by atoms with Gasteiger partial charge < -0.3 is 15.7 Å². The first-order valence-corrected chi connectivity index (χ1v) is 9.10. The number of carboxylic acid groups (broad SMARTS) is 1. The van der Waals surface area contributed by atoms with E-state index in [0.29, 0.717) is 11.3 Å². The van der Waals surface area contributed by atoms with Gasteiger partial charge in [-0.1, -0.05) is 48.5 Å². The number of aliphatic carboxylic acids is 1. The summed E-state index contributed by atoms with van der Waals surface area (Å²) in [6, 6.07) is 13.5. The maximum absolute atomic E-state index is 13.5. The molecule has 2 aromatic carbocycles. The van der Waals surface area contributed by atoms with Crippen molar-refractivity contribution in [1.29, 1.82) is 0 Å². The lowest BCUT2D eigenvalue weighted by Crippen LogP contribution is -2.51. The number of rotatable bonds is 6. The van der Waals surface area contributed by atoms with Gasteiger partial charge in [0.25, 0.3) is 5.91 Å². The van der Waals surface area contributed by atoms with E-state index in [1.807, 2.05) is 18.2 Å². The summed E-state index contributed by atoms with van der Waals surface area (Å²) in [7, 11) is 1.65. The molecule has 7 heteroatoms. The molecule has 28 heavy (non-hydrogen) atoms. The molecule has 0 radical (unpaired) electrons. The summed E-state index contributed by atoms with van der Waals surface area (Å²) in [5, 5.41) is 15.3. The molecule has 0 saturated heterocycles. The predicted octanol–water partition coefficient (Wildman–Crippen LogP) is 1.49. The van der Waals surface area contributed by atoms with Gasteiger partial charge in [0.1, 0.15) is 12.1 Å². The van der Waals surface area contributed by atoms with Crippen LogP contribution in [0.4, 0.5) is 5.69 Å². The van der Waals surface area contributed by atoms with Gasteiger partial charge in [-0.25, -0.2) is 4.79 Å². The van der Waals surface area contributed by atoms with E-state index >= 15 is 0 Å². The lowest BCUT2D eigenvalue weighted by atomic mass is 10.0. The third kappa shape index (κ3) is 3.75. The number of fused-ring (bicyclic) bond motifs is 1. The van der Waals surface area contributed by atoms with Gasteiger partial charge >= 0.3 is 5.97 Å². The molecule has 3 unspecified atom stereocenters. The number of carbonyl (C=O) groups is 3. The Morgan fingerprint density at radius 2 is 1.71 bits per heavy atom. The van der Waals surface area contributed by atoms with Crippen LogP contribution in [-0.4, -0.2) is 42.0 Å². The van der Waals surface area contributed by atoms with Crippen molar-refractivity contribution in [2.24, 2.45) is 0 Å². The minimum absolute atomic E-state index is 0.236. The van der Waals surface area contributed by atoms with Gasteiger partial charge in [0, 0.05) is 12.1 Å². The number of carboxylic acids is 1. The fourth-order valence-corrected chi connectivity index (χ4v) is 3.33. The van der Waals surface area contributed by atoms with E-state index in [2.05, 4.69) is 10.6 Å². The smallest absolute Gasteiger partial charge is 0.327 e. The molecule has 1 heterocycles. The van der Waals surface area contributed by atoms with Crippen molar-refractivity contribution >= 4 is 23.5 Å². The van der Waals surface area contributed by atoms with Gasteiger partial charge in [0.05, 0.1) is 6.04 Å². The van der Waals surface area contributed by atoms with Crippen LogP contribution >= 0.6 is 0 Å². The SMILES string of the molecule is CNC(C)C(=O)NC(C(=O)N1c2ccccc2CC1C(=O)O)c1ccccc1. The molecule has 7 nitrogen and oxygen atoms in total. The Hall–Kier alpha value is -3.19. The zero-order valence-corrected chi connectivity index (χ0v) is 15.8. The van der Waals surface area contributed by atoms with E-state index < -0.39 is 30.0 Å². The minimum atomic E-state index is -1.08. The van der Waals surface area contributed by atoms with Gasteiger partial charge in [0.2, 0.25) is 5.91 Å². The molecule has 2 amide bonds. The number of para-hydroxylation sites is 1. The van der Waals surface area contributed by atoms with Crippen LogP contribution in [0.25, 0.3) is 0 Å². The van der Waals surface area contributed by atoms with Crippen LogP contribution in [0.2, 0.25) is 0 Å². The Balaban J connectivity index is 2.00. The lowest BCUT2D eigenvalue weighted by molar-refractivity contribution is -0.140. The van der Waals surface area contributed by atoms with E-state index in [1.54, 1.807) is 50.4 Å². The van der Waals surface area contributed by atoms with E-state index in [1.165, 1.54) is 4.90 Å². The molecule has 146 valence electrons. The number of amides is 2. The Morgan fingerprint density at radius 1 is 1.07 bits per heavy atom. The highest BCUT2D eigenvalue weighted by Gasteiger charge is 2.41. The van der Waals surface area contributed by atoms with Crippen molar-refractivity contribution in [2.45, 2.75) is 31.5 Å². The second-order valence-corrected chi connectivity index (χ2v) is 6.76.